The van der Waals surface area contributed by atoms with Gasteiger partial charge in [-0.05, 0) is 36.4 Å². The van der Waals surface area contributed by atoms with E-state index in [0.29, 0.717) is 45.2 Å². The number of rotatable bonds is 7. The molecule has 0 unspecified atom stereocenters. The third kappa shape index (κ3) is 5.19. The maximum Gasteiger partial charge on any atom is 0.282 e. The Balaban J connectivity index is 1.78. The van der Waals surface area contributed by atoms with E-state index in [2.05, 4.69) is 41.9 Å². The van der Waals surface area contributed by atoms with Crippen LogP contribution in [0.2, 0.25) is 5.02 Å². The molecule has 0 saturated heterocycles. The minimum atomic E-state index is -0.250. The van der Waals surface area contributed by atoms with Gasteiger partial charge >= 0.3 is 0 Å². The number of aryl methyl sites for hydroxylation is 1. The summed E-state index contributed by atoms with van der Waals surface area (Å²) in [7, 11) is 1.57. The largest absolute Gasteiger partial charge is 0.493 e. The molecular formula is C25H20Br2ClN3O3. The Hall–Kier alpha value is -2.68. The Labute approximate surface area is 218 Å². The molecule has 4 aromatic rings. The average molecular weight is 606 g/mol. The highest BCUT2D eigenvalue weighted by molar-refractivity contribution is 9.10. The summed E-state index contributed by atoms with van der Waals surface area (Å²) in [5, 5.41) is 5.59. The van der Waals surface area contributed by atoms with Crippen molar-refractivity contribution in [3.05, 3.63) is 95.9 Å². The third-order valence-electron chi connectivity index (χ3n) is 5.10. The molecule has 0 aliphatic rings. The van der Waals surface area contributed by atoms with Gasteiger partial charge in [0.15, 0.2) is 11.5 Å². The molecule has 174 valence electrons. The van der Waals surface area contributed by atoms with Crippen molar-refractivity contribution in [3.63, 3.8) is 0 Å². The molecule has 0 aliphatic carbocycles. The summed E-state index contributed by atoms with van der Waals surface area (Å²) in [6.45, 7) is 2.17. The van der Waals surface area contributed by atoms with E-state index < -0.39 is 0 Å². The van der Waals surface area contributed by atoms with E-state index >= 15 is 0 Å². The van der Waals surface area contributed by atoms with E-state index in [0.717, 1.165) is 14.5 Å². The molecule has 4 rings (SSSR count). The number of fused-ring (bicyclic) bond motifs is 1. The van der Waals surface area contributed by atoms with Crippen LogP contribution < -0.4 is 15.0 Å². The zero-order chi connectivity index (χ0) is 24.2. The lowest BCUT2D eigenvalue weighted by Crippen LogP contribution is -2.22. The predicted octanol–water partition coefficient (Wildman–Crippen LogP) is 6.61. The van der Waals surface area contributed by atoms with E-state index in [-0.39, 0.29) is 12.2 Å². The molecule has 0 amide bonds. The Kier molecular flexibility index (Phi) is 7.70. The highest BCUT2D eigenvalue weighted by Gasteiger charge is 2.14. The van der Waals surface area contributed by atoms with Gasteiger partial charge in [-0.15, -0.1) is 0 Å². The Morgan fingerprint density at radius 2 is 1.91 bits per heavy atom. The summed E-state index contributed by atoms with van der Waals surface area (Å²) in [5.74, 6) is 1.56. The average Bonchev–Trinajstić information content (AvgIpc) is 2.83. The molecule has 0 spiro atoms. The number of aromatic nitrogens is 2. The second-order valence-corrected chi connectivity index (χ2v) is 9.55. The molecule has 1 aromatic heterocycles. The monoisotopic (exact) mass is 603 g/mol. The van der Waals surface area contributed by atoms with Gasteiger partial charge in [0.1, 0.15) is 12.4 Å². The van der Waals surface area contributed by atoms with E-state index in [1.54, 1.807) is 25.5 Å². The van der Waals surface area contributed by atoms with Gasteiger partial charge in [0, 0.05) is 31.5 Å². The first kappa shape index (κ1) is 24.4. The second kappa shape index (κ2) is 10.7. The van der Waals surface area contributed by atoms with Crippen LogP contribution in [-0.4, -0.2) is 23.0 Å². The zero-order valence-corrected chi connectivity index (χ0v) is 22.3. The Bertz CT molecular complexity index is 1450. The van der Waals surface area contributed by atoms with Gasteiger partial charge in [0.2, 0.25) is 0 Å². The summed E-state index contributed by atoms with van der Waals surface area (Å²) in [5.41, 5.74) is 1.84. The predicted molar refractivity (Wildman–Crippen MR) is 143 cm³/mol. The van der Waals surface area contributed by atoms with Crippen LogP contribution in [0.5, 0.6) is 11.5 Å². The number of methoxy groups -OCH3 is 1. The first-order valence-electron chi connectivity index (χ1n) is 10.4. The van der Waals surface area contributed by atoms with Crippen LogP contribution in [0.25, 0.3) is 10.9 Å². The number of hydrogen-bond acceptors (Lipinski definition) is 5. The molecule has 34 heavy (non-hydrogen) atoms. The van der Waals surface area contributed by atoms with Gasteiger partial charge in [-0.3, -0.25) is 4.79 Å². The van der Waals surface area contributed by atoms with Gasteiger partial charge in [-0.2, -0.15) is 9.78 Å². The molecular weight excluding hydrogens is 586 g/mol. The lowest BCUT2D eigenvalue weighted by Gasteiger charge is -2.15. The smallest absolute Gasteiger partial charge is 0.282 e. The summed E-state index contributed by atoms with van der Waals surface area (Å²) in [6, 6.07) is 16.5. The Morgan fingerprint density at radius 3 is 2.65 bits per heavy atom. The van der Waals surface area contributed by atoms with Crippen LogP contribution in [-0.2, 0) is 13.0 Å². The van der Waals surface area contributed by atoms with Crippen LogP contribution in [0, 0.1) is 0 Å². The highest BCUT2D eigenvalue weighted by Crippen LogP contribution is 2.35. The fraction of sp³-hybridized carbons (Fsp3) is 0.160. The normalized spacial score (nSPS) is 11.3. The molecule has 6 nitrogen and oxygen atoms in total. The molecule has 0 atom stereocenters. The van der Waals surface area contributed by atoms with Gasteiger partial charge in [-0.25, -0.2) is 4.98 Å². The second-order valence-electron chi connectivity index (χ2n) is 7.31. The van der Waals surface area contributed by atoms with Crippen molar-refractivity contribution in [2.24, 2.45) is 5.10 Å². The van der Waals surface area contributed by atoms with Crippen molar-refractivity contribution < 1.29 is 9.47 Å². The highest BCUT2D eigenvalue weighted by atomic mass is 79.9. The summed E-state index contributed by atoms with van der Waals surface area (Å²) in [6.07, 6.45) is 2.11. The molecule has 3 aromatic carbocycles. The van der Waals surface area contributed by atoms with E-state index in [1.165, 1.54) is 4.68 Å². The van der Waals surface area contributed by atoms with Gasteiger partial charge in [0.05, 0.1) is 24.2 Å². The fourth-order valence-corrected chi connectivity index (χ4v) is 4.42. The SMILES string of the molecule is CCc1nc2ccc(Br)cc2c(=O)n1N=Cc1cc(Br)cc(OC)c1OCc1ccccc1Cl. The summed E-state index contributed by atoms with van der Waals surface area (Å²) >= 11 is 13.2. The molecule has 1 heterocycles. The Morgan fingerprint density at radius 1 is 1.12 bits per heavy atom. The third-order valence-corrected chi connectivity index (χ3v) is 6.42. The zero-order valence-electron chi connectivity index (χ0n) is 18.4. The molecule has 0 saturated carbocycles. The summed E-state index contributed by atoms with van der Waals surface area (Å²) in [4.78, 5) is 17.8. The van der Waals surface area contributed by atoms with Gasteiger partial charge in [0.25, 0.3) is 5.56 Å². The van der Waals surface area contributed by atoms with Crippen LogP contribution in [0.1, 0.15) is 23.9 Å². The summed E-state index contributed by atoms with van der Waals surface area (Å²) < 4.78 is 14.5. The molecule has 0 aliphatic heterocycles. The topological polar surface area (TPSA) is 65.7 Å². The quantitative estimate of drug-likeness (QED) is 0.223. The minimum absolute atomic E-state index is 0.240. The minimum Gasteiger partial charge on any atom is -0.493 e. The van der Waals surface area contributed by atoms with Crippen LogP contribution in [0.15, 0.2) is 73.4 Å². The van der Waals surface area contributed by atoms with Gasteiger partial charge < -0.3 is 9.47 Å². The molecule has 0 radical (unpaired) electrons. The van der Waals surface area contributed by atoms with Crippen LogP contribution in [0.4, 0.5) is 0 Å². The van der Waals surface area contributed by atoms with E-state index in [9.17, 15) is 4.79 Å². The van der Waals surface area contributed by atoms with Crippen molar-refractivity contribution in [2.75, 3.05) is 7.11 Å². The van der Waals surface area contributed by atoms with Crippen molar-refractivity contribution in [1.82, 2.24) is 9.66 Å². The van der Waals surface area contributed by atoms with Gasteiger partial charge in [-0.1, -0.05) is 68.6 Å². The lowest BCUT2D eigenvalue weighted by molar-refractivity contribution is 0.284. The van der Waals surface area contributed by atoms with Crippen LogP contribution >= 0.6 is 43.5 Å². The molecule has 9 heteroatoms. The maximum absolute atomic E-state index is 13.2. The van der Waals surface area contributed by atoms with E-state index in [4.69, 9.17) is 21.1 Å². The number of halogens is 3. The lowest BCUT2D eigenvalue weighted by atomic mass is 10.2. The number of ether oxygens (including phenoxy) is 2. The number of nitrogens with zero attached hydrogens (tertiary/aromatic N) is 3. The first-order valence-corrected chi connectivity index (χ1v) is 12.4. The van der Waals surface area contributed by atoms with Crippen molar-refractivity contribution in [1.29, 1.82) is 0 Å². The van der Waals surface area contributed by atoms with E-state index in [1.807, 2.05) is 49.4 Å². The maximum atomic E-state index is 13.2. The van der Waals surface area contributed by atoms with Crippen molar-refractivity contribution in [3.8, 4) is 11.5 Å². The molecule has 0 bridgehead atoms. The number of benzene rings is 3. The number of hydrogen-bond donors (Lipinski definition) is 0. The molecule has 0 fully saturated rings. The van der Waals surface area contributed by atoms with Crippen molar-refractivity contribution in [2.45, 2.75) is 20.0 Å². The van der Waals surface area contributed by atoms with Crippen molar-refractivity contribution >= 4 is 60.6 Å². The fourth-order valence-electron chi connectivity index (χ4n) is 3.42. The van der Waals surface area contributed by atoms with Crippen LogP contribution in [0.3, 0.4) is 0 Å². The standard InChI is InChI=1S/C25H20Br2ClN3O3/c1-3-23-30-21-9-8-17(26)11-19(21)25(32)31(23)29-13-16-10-18(27)12-22(33-2)24(16)34-14-15-6-4-5-7-20(15)28/h4-13H,3,14H2,1-2H3. The molecule has 0 N–H and O–H groups in total. The first-order chi connectivity index (χ1) is 16.4.